The first-order valence-corrected chi connectivity index (χ1v) is 9.11. The number of carbonyl (C=O) groups is 1. The molecule has 5 nitrogen and oxygen atoms in total. The molecule has 0 spiro atoms. The molecule has 1 amide bonds. The van der Waals surface area contributed by atoms with Gasteiger partial charge in [-0.25, -0.2) is 0 Å². The van der Waals surface area contributed by atoms with E-state index in [-0.39, 0.29) is 11.9 Å². The number of nitriles is 1. The van der Waals surface area contributed by atoms with Crippen LogP contribution in [0.5, 0.6) is 0 Å². The average Bonchev–Trinajstić information content (AvgIpc) is 2.69. The van der Waals surface area contributed by atoms with Crippen molar-refractivity contribution in [1.82, 2.24) is 15.6 Å². The van der Waals surface area contributed by atoms with Crippen molar-refractivity contribution in [2.24, 2.45) is 0 Å². The third kappa shape index (κ3) is 4.47. The van der Waals surface area contributed by atoms with E-state index in [0.717, 1.165) is 48.2 Å². The Morgan fingerprint density at radius 3 is 2.81 bits per heavy atom. The number of hydrogen-bond acceptors (Lipinski definition) is 4. The molecular weight excluding hydrogens is 324 g/mol. The topological polar surface area (TPSA) is 77.8 Å². The first-order valence-electron chi connectivity index (χ1n) is 9.11. The lowest BCUT2D eigenvalue weighted by molar-refractivity contribution is -0.124. The number of amides is 1. The number of piperidine rings is 1. The predicted molar refractivity (Wildman–Crippen MR) is 101 cm³/mol. The highest BCUT2D eigenvalue weighted by Gasteiger charge is 2.22. The van der Waals surface area contributed by atoms with Crippen molar-refractivity contribution in [2.45, 2.75) is 44.7 Å². The van der Waals surface area contributed by atoms with Crippen molar-refractivity contribution in [1.29, 1.82) is 5.26 Å². The van der Waals surface area contributed by atoms with Crippen molar-refractivity contribution in [2.75, 3.05) is 6.54 Å². The smallest absolute Gasteiger partial charge is 0.238 e. The summed E-state index contributed by atoms with van der Waals surface area (Å²) in [6, 6.07) is 13.6. The molecule has 1 aromatic heterocycles. The van der Waals surface area contributed by atoms with Crippen LogP contribution in [0.1, 0.15) is 30.5 Å². The third-order valence-electron chi connectivity index (χ3n) is 4.81. The van der Waals surface area contributed by atoms with Crippen molar-refractivity contribution in [3.8, 4) is 17.2 Å². The van der Waals surface area contributed by atoms with E-state index < -0.39 is 6.04 Å². The van der Waals surface area contributed by atoms with Gasteiger partial charge < -0.3 is 10.6 Å². The second-order valence-corrected chi connectivity index (χ2v) is 6.73. The lowest BCUT2D eigenvalue weighted by atomic mass is 9.99. The van der Waals surface area contributed by atoms with Crippen LogP contribution in [-0.4, -0.2) is 29.5 Å². The Hall–Kier alpha value is -2.71. The van der Waals surface area contributed by atoms with Gasteiger partial charge in [-0.2, -0.15) is 5.26 Å². The van der Waals surface area contributed by atoms with Gasteiger partial charge in [-0.15, -0.1) is 0 Å². The van der Waals surface area contributed by atoms with Crippen molar-refractivity contribution in [3.63, 3.8) is 0 Å². The average molecular weight is 348 g/mol. The normalized spacial score (nSPS) is 17.9. The minimum absolute atomic E-state index is 0.0705. The fraction of sp³-hybridized carbons (Fsp3) is 0.381. The van der Waals surface area contributed by atoms with Gasteiger partial charge in [0.05, 0.1) is 12.1 Å². The Labute approximate surface area is 154 Å². The first-order chi connectivity index (χ1) is 12.7. The molecule has 3 rings (SSSR count). The van der Waals surface area contributed by atoms with Gasteiger partial charge in [0.25, 0.3) is 0 Å². The van der Waals surface area contributed by atoms with Gasteiger partial charge in [-0.05, 0) is 43.5 Å². The molecular formula is C21H24N4O. The van der Waals surface area contributed by atoms with E-state index in [2.05, 4.69) is 21.7 Å². The SMILES string of the molecule is Cc1ncccc1-c1ccc(C[C@@H](C#N)NC(=O)C2CCCCN2)cc1. The van der Waals surface area contributed by atoms with Crippen LogP contribution >= 0.6 is 0 Å². The highest BCUT2D eigenvalue weighted by molar-refractivity contribution is 5.82. The molecule has 5 heteroatoms. The summed E-state index contributed by atoms with van der Waals surface area (Å²) in [5, 5.41) is 15.5. The van der Waals surface area contributed by atoms with Crippen LogP contribution in [0, 0.1) is 18.3 Å². The molecule has 1 aromatic carbocycles. The third-order valence-corrected chi connectivity index (χ3v) is 4.81. The summed E-state index contributed by atoms with van der Waals surface area (Å²) in [5.41, 5.74) is 4.22. The summed E-state index contributed by atoms with van der Waals surface area (Å²) >= 11 is 0. The predicted octanol–water partition coefficient (Wildman–Crippen LogP) is 2.75. The molecule has 134 valence electrons. The molecule has 2 aromatic rings. The van der Waals surface area contributed by atoms with E-state index in [9.17, 15) is 10.1 Å². The number of rotatable bonds is 5. The van der Waals surface area contributed by atoms with E-state index in [1.807, 2.05) is 43.3 Å². The van der Waals surface area contributed by atoms with Crippen molar-refractivity contribution in [3.05, 3.63) is 53.9 Å². The highest BCUT2D eigenvalue weighted by atomic mass is 16.2. The van der Waals surface area contributed by atoms with Gasteiger partial charge in [-0.3, -0.25) is 9.78 Å². The van der Waals surface area contributed by atoms with E-state index >= 15 is 0 Å². The van der Waals surface area contributed by atoms with E-state index in [1.165, 1.54) is 0 Å². The van der Waals surface area contributed by atoms with Crippen LogP contribution in [0.3, 0.4) is 0 Å². The lowest BCUT2D eigenvalue weighted by Gasteiger charge is -2.23. The quantitative estimate of drug-likeness (QED) is 0.871. The Morgan fingerprint density at radius 2 is 2.15 bits per heavy atom. The number of aryl methyl sites for hydroxylation is 1. The largest absolute Gasteiger partial charge is 0.339 e. The van der Waals surface area contributed by atoms with Crippen LogP contribution < -0.4 is 10.6 Å². The molecule has 0 aliphatic carbocycles. The fourth-order valence-electron chi connectivity index (χ4n) is 3.32. The van der Waals surface area contributed by atoms with E-state index in [0.29, 0.717) is 6.42 Å². The highest BCUT2D eigenvalue weighted by Crippen LogP contribution is 2.22. The molecule has 0 bridgehead atoms. The fourth-order valence-corrected chi connectivity index (χ4v) is 3.32. The summed E-state index contributed by atoms with van der Waals surface area (Å²) in [6.07, 6.45) is 5.28. The molecule has 2 atom stereocenters. The second kappa shape index (κ2) is 8.59. The molecule has 1 aliphatic heterocycles. The van der Waals surface area contributed by atoms with Gasteiger partial charge in [0.1, 0.15) is 6.04 Å². The zero-order valence-electron chi connectivity index (χ0n) is 15.0. The maximum atomic E-state index is 12.3. The summed E-state index contributed by atoms with van der Waals surface area (Å²) in [4.78, 5) is 16.6. The van der Waals surface area contributed by atoms with Gasteiger partial charge in [0, 0.05) is 23.9 Å². The Kier molecular flexibility index (Phi) is 5.98. The first kappa shape index (κ1) is 18.1. The summed E-state index contributed by atoms with van der Waals surface area (Å²) in [5.74, 6) is -0.0705. The Bertz CT molecular complexity index is 788. The molecule has 1 fully saturated rings. The number of pyridine rings is 1. The van der Waals surface area contributed by atoms with Crippen LogP contribution in [-0.2, 0) is 11.2 Å². The van der Waals surface area contributed by atoms with Gasteiger partial charge in [-0.1, -0.05) is 36.8 Å². The number of aromatic nitrogens is 1. The van der Waals surface area contributed by atoms with Crippen LogP contribution in [0.2, 0.25) is 0 Å². The van der Waals surface area contributed by atoms with E-state index in [1.54, 1.807) is 6.20 Å². The zero-order valence-corrected chi connectivity index (χ0v) is 15.0. The minimum Gasteiger partial charge on any atom is -0.339 e. The maximum absolute atomic E-state index is 12.3. The lowest BCUT2D eigenvalue weighted by Crippen LogP contribution is -2.49. The number of carbonyl (C=O) groups excluding carboxylic acids is 1. The number of benzene rings is 1. The van der Waals surface area contributed by atoms with Crippen LogP contribution in [0.15, 0.2) is 42.6 Å². The van der Waals surface area contributed by atoms with Gasteiger partial charge in [0.2, 0.25) is 5.91 Å². The van der Waals surface area contributed by atoms with E-state index in [4.69, 9.17) is 0 Å². The molecule has 0 saturated carbocycles. The molecule has 2 heterocycles. The number of nitrogens with zero attached hydrogens (tertiary/aromatic N) is 2. The monoisotopic (exact) mass is 348 g/mol. The zero-order chi connectivity index (χ0) is 18.4. The molecule has 0 radical (unpaired) electrons. The van der Waals surface area contributed by atoms with Crippen molar-refractivity contribution >= 4 is 5.91 Å². The van der Waals surface area contributed by atoms with Gasteiger partial charge in [0.15, 0.2) is 0 Å². The molecule has 1 unspecified atom stereocenters. The molecule has 2 N–H and O–H groups in total. The second-order valence-electron chi connectivity index (χ2n) is 6.73. The minimum atomic E-state index is -0.516. The van der Waals surface area contributed by atoms with Gasteiger partial charge >= 0.3 is 0 Å². The number of nitrogens with one attached hydrogen (secondary N) is 2. The summed E-state index contributed by atoms with van der Waals surface area (Å²) in [7, 11) is 0. The molecule has 26 heavy (non-hydrogen) atoms. The summed E-state index contributed by atoms with van der Waals surface area (Å²) < 4.78 is 0. The maximum Gasteiger partial charge on any atom is 0.238 e. The molecule has 1 saturated heterocycles. The van der Waals surface area contributed by atoms with Crippen LogP contribution in [0.25, 0.3) is 11.1 Å². The standard InChI is InChI=1S/C21H24N4O/c1-15-19(5-4-12-23-15)17-9-7-16(8-10-17)13-18(14-22)25-21(26)20-6-2-3-11-24-20/h4-5,7-10,12,18,20,24H,2-3,6,11,13H2,1H3,(H,25,26)/t18-,20?/m0/s1. The Balaban J connectivity index is 1.62. The van der Waals surface area contributed by atoms with Crippen LogP contribution in [0.4, 0.5) is 0 Å². The molecule has 1 aliphatic rings. The number of hydrogen-bond donors (Lipinski definition) is 2. The van der Waals surface area contributed by atoms with Crippen molar-refractivity contribution < 1.29 is 4.79 Å². The summed E-state index contributed by atoms with van der Waals surface area (Å²) in [6.45, 7) is 2.86. The Morgan fingerprint density at radius 1 is 1.35 bits per heavy atom.